The Kier molecular flexibility index (Phi) is 7.68. The molecule has 6 aromatic rings. The van der Waals surface area contributed by atoms with Gasteiger partial charge in [0, 0.05) is 17.5 Å². The highest BCUT2D eigenvalue weighted by molar-refractivity contribution is 5.89. The van der Waals surface area contributed by atoms with E-state index in [2.05, 4.69) is 18.2 Å². The highest BCUT2D eigenvalue weighted by Crippen LogP contribution is 2.41. The van der Waals surface area contributed by atoms with Crippen molar-refractivity contribution in [1.29, 1.82) is 0 Å². The summed E-state index contributed by atoms with van der Waals surface area (Å²) in [4.78, 5) is 0. The van der Waals surface area contributed by atoms with Gasteiger partial charge in [0.15, 0.2) is 0 Å². The molecule has 0 aliphatic carbocycles. The average Bonchev–Trinajstić information content (AvgIpc) is 3.02. The second kappa shape index (κ2) is 12.0. The van der Waals surface area contributed by atoms with Gasteiger partial charge in [0.05, 0.1) is 0 Å². The fourth-order valence-electron chi connectivity index (χ4n) is 5.17. The molecule has 0 heterocycles. The summed E-state index contributed by atoms with van der Waals surface area (Å²) in [5.74, 6) is 0.270. The van der Waals surface area contributed by atoms with Crippen LogP contribution in [0.5, 0.6) is 5.75 Å². The van der Waals surface area contributed by atoms with Gasteiger partial charge in [-0.05, 0) is 63.2 Å². The van der Waals surface area contributed by atoms with E-state index in [1.165, 1.54) is 12.1 Å². The molecule has 0 aliphatic rings. The van der Waals surface area contributed by atoms with Gasteiger partial charge in [-0.15, -0.1) is 0 Å². The number of hydrogen-bond donors (Lipinski definition) is 0. The van der Waals surface area contributed by atoms with Crippen LogP contribution in [0, 0.1) is 11.6 Å². The van der Waals surface area contributed by atoms with Gasteiger partial charge in [0.1, 0.15) is 24.0 Å². The second-order valence-corrected chi connectivity index (χ2v) is 9.98. The molecule has 0 spiro atoms. The normalized spacial score (nSPS) is 10.9. The topological polar surface area (TPSA) is 9.23 Å². The first kappa shape index (κ1) is 26.2. The minimum Gasteiger partial charge on any atom is -0.488 e. The average molecular weight is 539 g/mol. The van der Waals surface area contributed by atoms with Gasteiger partial charge in [-0.25, -0.2) is 8.78 Å². The third-order valence-corrected chi connectivity index (χ3v) is 7.19. The van der Waals surface area contributed by atoms with Crippen molar-refractivity contribution < 1.29 is 13.5 Å². The molecular formula is C38H28F2O. The number of rotatable bonds is 8. The molecule has 6 rings (SSSR count). The Hall–Kier alpha value is -5.02. The van der Waals surface area contributed by atoms with E-state index < -0.39 is 0 Å². The Morgan fingerprint density at radius 1 is 0.463 bits per heavy atom. The summed E-state index contributed by atoms with van der Waals surface area (Å²) in [5.41, 5.74) is 7.89. The summed E-state index contributed by atoms with van der Waals surface area (Å²) < 4.78 is 35.6. The maximum Gasteiger partial charge on any atom is 0.131 e. The molecule has 41 heavy (non-hydrogen) atoms. The Morgan fingerprint density at radius 2 is 1.07 bits per heavy atom. The minimum atomic E-state index is -0.259. The van der Waals surface area contributed by atoms with Crippen LogP contribution in [0.25, 0.3) is 33.4 Å². The molecule has 0 fully saturated rings. The lowest BCUT2D eigenvalue weighted by atomic mass is 9.90. The Bertz CT molecular complexity index is 1790. The van der Waals surface area contributed by atoms with Crippen molar-refractivity contribution in [1.82, 2.24) is 0 Å². The van der Waals surface area contributed by atoms with Gasteiger partial charge < -0.3 is 4.74 Å². The lowest BCUT2D eigenvalue weighted by Gasteiger charge is -2.18. The predicted octanol–water partition coefficient (Wildman–Crippen LogP) is 10.1. The molecule has 200 valence electrons. The van der Waals surface area contributed by atoms with E-state index in [1.54, 1.807) is 18.2 Å². The van der Waals surface area contributed by atoms with Crippen LogP contribution in [0.1, 0.15) is 16.7 Å². The summed E-state index contributed by atoms with van der Waals surface area (Å²) in [6, 6.07) is 45.9. The van der Waals surface area contributed by atoms with Crippen molar-refractivity contribution in [2.75, 3.05) is 0 Å². The lowest BCUT2D eigenvalue weighted by Crippen LogP contribution is -1.99. The van der Waals surface area contributed by atoms with E-state index in [0.29, 0.717) is 24.2 Å². The summed E-state index contributed by atoms with van der Waals surface area (Å²) in [7, 11) is 0. The Balaban J connectivity index is 1.45. The van der Waals surface area contributed by atoms with Crippen LogP contribution >= 0.6 is 0 Å². The summed E-state index contributed by atoms with van der Waals surface area (Å²) >= 11 is 0. The second-order valence-electron chi connectivity index (χ2n) is 9.98. The van der Waals surface area contributed by atoms with Crippen LogP contribution in [0.15, 0.2) is 146 Å². The molecule has 0 saturated carbocycles. The van der Waals surface area contributed by atoms with Gasteiger partial charge in [-0.1, -0.05) is 121 Å². The zero-order valence-corrected chi connectivity index (χ0v) is 22.4. The van der Waals surface area contributed by atoms with Crippen molar-refractivity contribution in [2.45, 2.75) is 13.0 Å². The number of ether oxygens (including phenoxy) is 1. The summed E-state index contributed by atoms with van der Waals surface area (Å²) in [6.07, 6.45) is 0.478. The molecule has 6 aromatic carbocycles. The molecular weight excluding hydrogens is 510 g/mol. The Labute approximate surface area is 239 Å². The standard InChI is InChI=1S/C38H28F2O/c39-35-20-6-4-14-31(35)23-28-13-8-17-32(24-28)38-34(19-10-22-37(38)41-26-27-11-2-1-3-12-27)30-16-9-15-29(25-30)33-18-5-7-21-36(33)40/h1-22,24-25H,23,26H2. The zero-order chi connectivity index (χ0) is 28.0. The third-order valence-electron chi connectivity index (χ3n) is 7.19. The smallest absolute Gasteiger partial charge is 0.131 e. The summed E-state index contributed by atoms with van der Waals surface area (Å²) in [6.45, 7) is 0.418. The van der Waals surface area contributed by atoms with Gasteiger partial charge in [-0.3, -0.25) is 0 Å². The van der Waals surface area contributed by atoms with Crippen LogP contribution < -0.4 is 4.74 Å². The monoisotopic (exact) mass is 538 g/mol. The molecule has 3 heteroatoms. The number of halogens is 2. The van der Waals surface area contributed by atoms with Crippen LogP contribution in [0.2, 0.25) is 0 Å². The molecule has 1 nitrogen and oxygen atoms in total. The van der Waals surface area contributed by atoms with Gasteiger partial charge >= 0.3 is 0 Å². The van der Waals surface area contributed by atoms with Crippen LogP contribution in [-0.2, 0) is 13.0 Å². The number of hydrogen-bond acceptors (Lipinski definition) is 1. The van der Waals surface area contributed by atoms with Gasteiger partial charge in [0.25, 0.3) is 0 Å². The van der Waals surface area contributed by atoms with Crippen molar-refractivity contribution in [3.8, 4) is 39.1 Å². The first-order valence-electron chi connectivity index (χ1n) is 13.6. The van der Waals surface area contributed by atoms with Gasteiger partial charge in [-0.2, -0.15) is 0 Å². The fourth-order valence-corrected chi connectivity index (χ4v) is 5.17. The van der Waals surface area contributed by atoms with E-state index in [4.69, 9.17) is 4.74 Å². The van der Waals surface area contributed by atoms with Crippen molar-refractivity contribution in [3.63, 3.8) is 0 Å². The highest BCUT2D eigenvalue weighted by atomic mass is 19.1. The fraction of sp³-hybridized carbons (Fsp3) is 0.0526. The first-order chi connectivity index (χ1) is 20.2. The molecule has 0 N–H and O–H groups in total. The zero-order valence-electron chi connectivity index (χ0n) is 22.4. The van der Waals surface area contributed by atoms with E-state index in [0.717, 1.165) is 44.7 Å². The molecule has 0 saturated heterocycles. The molecule has 0 radical (unpaired) electrons. The summed E-state index contributed by atoms with van der Waals surface area (Å²) in [5, 5.41) is 0. The molecule has 0 aromatic heterocycles. The van der Waals surface area contributed by atoms with Crippen molar-refractivity contribution >= 4 is 0 Å². The van der Waals surface area contributed by atoms with E-state index in [-0.39, 0.29) is 11.6 Å². The van der Waals surface area contributed by atoms with E-state index in [9.17, 15) is 8.78 Å². The highest BCUT2D eigenvalue weighted by Gasteiger charge is 2.16. The van der Waals surface area contributed by atoms with Crippen LogP contribution in [-0.4, -0.2) is 0 Å². The quantitative estimate of drug-likeness (QED) is 0.187. The van der Waals surface area contributed by atoms with Gasteiger partial charge in [0.2, 0.25) is 0 Å². The largest absolute Gasteiger partial charge is 0.488 e. The maximum atomic E-state index is 14.7. The number of benzene rings is 6. The lowest BCUT2D eigenvalue weighted by molar-refractivity contribution is 0.307. The van der Waals surface area contributed by atoms with Crippen molar-refractivity contribution in [3.05, 3.63) is 174 Å². The molecule has 0 amide bonds. The van der Waals surface area contributed by atoms with E-state index in [1.807, 2.05) is 97.1 Å². The molecule has 0 aliphatic heterocycles. The first-order valence-corrected chi connectivity index (χ1v) is 13.6. The SMILES string of the molecule is Fc1ccccc1Cc1cccc(-c2c(OCc3ccccc3)cccc2-c2cccc(-c3ccccc3F)c2)c1. The molecule has 0 bridgehead atoms. The van der Waals surface area contributed by atoms with Crippen LogP contribution in [0.4, 0.5) is 8.78 Å². The molecule has 0 unspecified atom stereocenters. The minimum absolute atomic E-state index is 0.213. The third kappa shape index (κ3) is 5.95. The van der Waals surface area contributed by atoms with Crippen LogP contribution in [0.3, 0.4) is 0 Å². The Morgan fingerprint density at radius 3 is 1.88 bits per heavy atom. The molecule has 0 atom stereocenters. The van der Waals surface area contributed by atoms with Crippen molar-refractivity contribution in [2.24, 2.45) is 0 Å². The van der Waals surface area contributed by atoms with E-state index >= 15 is 0 Å². The predicted molar refractivity (Wildman–Crippen MR) is 163 cm³/mol. The maximum absolute atomic E-state index is 14.7.